The van der Waals surface area contributed by atoms with Crippen LogP contribution in [0.15, 0.2) is 42.5 Å². The number of rotatable bonds is 3. The number of anilines is 1. The summed E-state index contributed by atoms with van der Waals surface area (Å²) in [5, 5.41) is 13.9. The van der Waals surface area contributed by atoms with E-state index in [2.05, 4.69) is 20.8 Å². The zero-order valence-corrected chi connectivity index (χ0v) is 12.8. The Morgan fingerprint density at radius 2 is 1.96 bits per heavy atom. The number of aromatic nitrogens is 4. The monoisotopic (exact) mass is 331 g/mol. The Kier molecular flexibility index (Phi) is 4.03. The molecule has 116 valence electrons. The topological polar surface area (TPSA) is 72.7 Å². The molecule has 2 aromatic carbocycles. The number of tetrazole rings is 1. The van der Waals surface area contributed by atoms with Gasteiger partial charge in [-0.15, -0.1) is 5.10 Å². The molecule has 0 saturated carbocycles. The summed E-state index contributed by atoms with van der Waals surface area (Å²) in [4.78, 5) is 12.2. The van der Waals surface area contributed by atoms with Crippen LogP contribution in [0.25, 0.3) is 11.4 Å². The molecule has 0 atom stereocenters. The third kappa shape index (κ3) is 3.04. The number of nitrogens with zero attached hydrogens (tertiary/aromatic N) is 4. The molecule has 0 saturated heterocycles. The summed E-state index contributed by atoms with van der Waals surface area (Å²) in [6, 6.07) is 11.0. The van der Waals surface area contributed by atoms with E-state index in [-0.39, 0.29) is 10.6 Å². The summed E-state index contributed by atoms with van der Waals surface area (Å²) in [7, 11) is 1.73. The zero-order chi connectivity index (χ0) is 16.4. The molecule has 1 N–H and O–H groups in total. The van der Waals surface area contributed by atoms with E-state index in [9.17, 15) is 9.18 Å². The lowest BCUT2D eigenvalue weighted by atomic mass is 10.1. The van der Waals surface area contributed by atoms with Gasteiger partial charge in [-0.2, -0.15) is 0 Å². The van der Waals surface area contributed by atoms with Gasteiger partial charge in [-0.1, -0.05) is 17.7 Å². The number of halogens is 2. The first-order chi connectivity index (χ1) is 11.1. The molecule has 0 aliphatic rings. The standard InChI is InChI=1S/C15H11ClFN5O/c1-22-14(19-20-21-22)9-5-7-10(8-6-9)18-15(23)13-11(16)3-2-4-12(13)17/h2-8H,1H3,(H,18,23). The van der Waals surface area contributed by atoms with Gasteiger partial charge in [0.15, 0.2) is 5.82 Å². The third-order valence-electron chi connectivity index (χ3n) is 3.21. The van der Waals surface area contributed by atoms with Gasteiger partial charge in [0.2, 0.25) is 0 Å². The van der Waals surface area contributed by atoms with Crippen molar-refractivity contribution in [3.05, 3.63) is 58.9 Å². The van der Waals surface area contributed by atoms with Gasteiger partial charge in [0.25, 0.3) is 5.91 Å². The molecule has 23 heavy (non-hydrogen) atoms. The van der Waals surface area contributed by atoms with Crippen molar-refractivity contribution in [2.45, 2.75) is 0 Å². The van der Waals surface area contributed by atoms with Gasteiger partial charge in [-0.25, -0.2) is 9.07 Å². The van der Waals surface area contributed by atoms with Crippen LogP contribution in [0.3, 0.4) is 0 Å². The fourth-order valence-corrected chi connectivity index (χ4v) is 2.33. The maximum Gasteiger partial charge on any atom is 0.260 e. The number of carbonyl (C=O) groups is 1. The molecule has 0 radical (unpaired) electrons. The summed E-state index contributed by atoms with van der Waals surface area (Å²) in [5.41, 5.74) is 1.11. The van der Waals surface area contributed by atoms with Crippen LogP contribution in [0.1, 0.15) is 10.4 Å². The van der Waals surface area contributed by atoms with Crippen LogP contribution in [-0.4, -0.2) is 26.1 Å². The van der Waals surface area contributed by atoms with Crippen molar-refractivity contribution >= 4 is 23.2 Å². The van der Waals surface area contributed by atoms with Crippen molar-refractivity contribution in [1.29, 1.82) is 0 Å². The lowest BCUT2D eigenvalue weighted by Gasteiger charge is -2.08. The number of hydrogen-bond donors (Lipinski definition) is 1. The molecule has 1 aromatic heterocycles. The van der Waals surface area contributed by atoms with Crippen molar-refractivity contribution in [1.82, 2.24) is 20.2 Å². The van der Waals surface area contributed by atoms with Crippen molar-refractivity contribution in [2.75, 3.05) is 5.32 Å². The molecule has 0 unspecified atom stereocenters. The average molecular weight is 332 g/mol. The van der Waals surface area contributed by atoms with E-state index < -0.39 is 11.7 Å². The second-order valence-corrected chi connectivity index (χ2v) is 5.16. The van der Waals surface area contributed by atoms with Crippen molar-refractivity contribution in [3.8, 4) is 11.4 Å². The molecule has 8 heteroatoms. The second kappa shape index (κ2) is 6.13. The highest BCUT2D eigenvalue weighted by Gasteiger charge is 2.16. The third-order valence-corrected chi connectivity index (χ3v) is 3.53. The van der Waals surface area contributed by atoms with Gasteiger partial charge in [-0.05, 0) is 46.8 Å². The first-order valence-electron chi connectivity index (χ1n) is 6.64. The molecule has 0 fully saturated rings. The van der Waals surface area contributed by atoms with Crippen LogP contribution < -0.4 is 5.32 Å². The fourth-order valence-electron chi connectivity index (χ4n) is 2.08. The van der Waals surface area contributed by atoms with Crippen LogP contribution in [0.2, 0.25) is 5.02 Å². The Balaban J connectivity index is 1.81. The van der Waals surface area contributed by atoms with Crippen LogP contribution >= 0.6 is 11.6 Å². The normalized spacial score (nSPS) is 10.6. The van der Waals surface area contributed by atoms with Crippen LogP contribution in [0.4, 0.5) is 10.1 Å². The first kappa shape index (κ1) is 15.1. The molecule has 3 rings (SSSR count). The van der Waals surface area contributed by atoms with Crippen molar-refractivity contribution < 1.29 is 9.18 Å². The van der Waals surface area contributed by atoms with Gasteiger partial charge < -0.3 is 5.32 Å². The van der Waals surface area contributed by atoms with Gasteiger partial charge >= 0.3 is 0 Å². The van der Waals surface area contributed by atoms with E-state index in [1.165, 1.54) is 22.9 Å². The number of nitrogens with one attached hydrogen (secondary N) is 1. The smallest absolute Gasteiger partial charge is 0.260 e. The molecule has 0 bridgehead atoms. The Labute approximate surface area is 135 Å². The highest BCUT2D eigenvalue weighted by atomic mass is 35.5. The summed E-state index contributed by atoms with van der Waals surface area (Å²) < 4.78 is 15.3. The Morgan fingerprint density at radius 3 is 2.57 bits per heavy atom. The molecule has 0 spiro atoms. The quantitative estimate of drug-likeness (QED) is 0.801. The summed E-state index contributed by atoms with van der Waals surface area (Å²) in [6.45, 7) is 0. The Morgan fingerprint density at radius 1 is 1.22 bits per heavy atom. The van der Waals surface area contributed by atoms with E-state index in [4.69, 9.17) is 11.6 Å². The average Bonchev–Trinajstić information content (AvgIpc) is 2.94. The van der Waals surface area contributed by atoms with Crippen molar-refractivity contribution in [3.63, 3.8) is 0 Å². The highest BCUT2D eigenvalue weighted by molar-refractivity contribution is 6.34. The molecule has 1 amide bonds. The SMILES string of the molecule is Cn1nnnc1-c1ccc(NC(=O)c2c(F)cccc2Cl)cc1. The van der Waals surface area contributed by atoms with Gasteiger partial charge in [0.1, 0.15) is 5.82 Å². The van der Waals surface area contributed by atoms with Gasteiger partial charge in [0.05, 0.1) is 10.6 Å². The summed E-state index contributed by atoms with van der Waals surface area (Å²) >= 11 is 5.88. The summed E-state index contributed by atoms with van der Waals surface area (Å²) in [5.74, 6) is -0.682. The van der Waals surface area contributed by atoms with Gasteiger partial charge in [0, 0.05) is 18.3 Å². The highest BCUT2D eigenvalue weighted by Crippen LogP contribution is 2.22. The molecule has 6 nitrogen and oxygen atoms in total. The molecular formula is C15H11ClFN5O. The van der Waals surface area contributed by atoms with E-state index in [1.54, 1.807) is 31.3 Å². The lowest BCUT2D eigenvalue weighted by Crippen LogP contribution is -2.14. The van der Waals surface area contributed by atoms with Crippen LogP contribution in [0, 0.1) is 5.82 Å². The van der Waals surface area contributed by atoms with E-state index >= 15 is 0 Å². The fraction of sp³-hybridized carbons (Fsp3) is 0.0667. The predicted molar refractivity (Wildman–Crippen MR) is 83.6 cm³/mol. The number of amides is 1. The number of carbonyl (C=O) groups excluding carboxylic acids is 1. The Hall–Kier alpha value is -2.80. The van der Waals surface area contributed by atoms with Gasteiger partial charge in [-0.3, -0.25) is 4.79 Å². The minimum Gasteiger partial charge on any atom is -0.322 e. The van der Waals surface area contributed by atoms with E-state index in [0.717, 1.165) is 5.56 Å². The van der Waals surface area contributed by atoms with E-state index in [0.29, 0.717) is 11.5 Å². The second-order valence-electron chi connectivity index (χ2n) is 4.75. The number of benzene rings is 2. The maximum atomic E-state index is 13.7. The van der Waals surface area contributed by atoms with Crippen LogP contribution in [-0.2, 0) is 7.05 Å². The number of hydrogen-bond acceptors (Lipinski definition) is 4. The zero-order valence-electron chi connectivity index (χ0n) is 12.0. The minimum atomic E-state index is -0.670. The Bertz CT molecular complexity index is 842. The molecular weight excluding hydrogens is 321 g/mol. The molecule has 0 aliphatic carbocycles. The summed E-state index contributed by atoms with van der Waals surface area (Å²) in [6.07, 6.45) is 0. The lowest BCUT2D eigenvalue weighted by molar-refractivity contribution is 0.102. The molecule has 1 heterocycles. The largest absolute Gasteiger partial charge is 0.322 e. The van der Waals surface area contributed by atoms with E-state index in [1.807, 2.05) is 0 Å². The first-order valence-corrected chi connectivity index (χ1v) is 7.02. The maximum absolute atomic E-state index is 13.7. The molecule has 3 aromatic rings. The number of aryl methyl sites for hydroxylation is 1. The van der Waals surface area contributed by atoms with Crippen LogP contribution in [0.5, 0.6) is 0 Å². The van der Waals surface area contributed by atoms with Crippen molar-refractivity contribution in [2.24, 2.45) is 7.05 Å². The predicted octanol–water partition coefficient (Wildman–Crippen LogP) is 2.92. The minimum absolute atomic E-state index is 0.0595. The molecule has 0 aliphatic heterocycles.